The van der Waals surface area contributed by atoms with Gasteiger partial charge in [0, 0.05) is 44.0 Å². The van der Waals surface area contributed by atoms with Crippen LogP contribution in [0.15, 0.2) is 29.2 Å². The van der Waals surface area contributed by atoms with Gasteiger partial charge >= 0.3 is 5.97 Å². The molecule has 29 heavy (non-hydrogen) atoms. The quantitative estimate of drug-likeness (QED) is 0.741. The van der Waals surface area contributed by atoms with E-state index in [9.17, 15) is 14.7 Å². The molecule has 0 saturated heterocycles. The number of methoxy groups -OCH3 is 1. The number of rotatable bonds is 6. The van der Waals surface area contributed by atoms with E-state index < -0.39 is 11.4 Å². The maximum absolute atomic E-state index is 12.4. The van der Waals surface area contributed by atoms with Crippen LogP contribution in [0.1, 0.15) is 54.7 Å². The molecule has 0 unspecified atom stereocenters. The van der Waals surface area contributed by atoms with Crippen molar-refractivity contribution in [1.82, 2.24) is 4.57 Å². The maximum Gasteiger partial charge on any atom is 0.341 e. The van der Waals surface area contributed by atoms with Gasteiger partial charge in [0.15, 0.2) is 5.43 Å². The summed E-state index contributed by atoms with van der Waals surface area (Å²) in [5, 5.41) is 9.41. The molecule has 3 rings (SSSR count). The molecule has 1 aliphatic rings. The molecule has 0 radical (unpaired) electrons. The Morgan fingerprint density at radius 3 is 2.59 bits per heavy atom. The SMILES string of the molecule is COCCCOc1cc2c(cc1C)-c1cc(=O)c(C(=O)O)cn1[C@H](C(C)(C)C)C2. The summed E-state index contributed by atoms with van der Waals surface area (Å²) in [4.78, 5) is 23.9. The third kappa shape index (κ3) is 4.22. The van der Waals surface area contributed by atoms with E-state index in [-0.39, 0.29) is 17.0 Å². The number of pyridine rings is 1. The van der Waals surface area contributed by atoms with Crippen LogP contribution in [0.3, 0.4) is 0 Å². The largest absolute Gasteiger partial charge is 0.493 e. The highest BCUT2D eigenvalue weighted by Crippen LogP contribution is 2.44. The fourth-order valence-electron chi connectivity index (χ4n) is 3.89. The van der Waals surface area contributed by atoms with E-state index >= 15 is 0 Å². The summed E-state index contributed by atoms with van der Waals surface area (Å²) >= 11 is 0. The minimum absolute atomic E-state index is 0.0211. The second kappa shape index (κ2) is 8.03. The number of carboxylic acids is 1. The number of nitrogens with zero attached hydrogens (tertiary/aromatic N) is 1. The van der Waals surface area contributed by atoms with Crippen LogP contribution in [0.25, 0.3) is 11.3 Å². The molecule has 0 saturated carbocycles. The smallest absolute Gasteiger partial charge is 0.341 e. The predicted molar refractivity (Wildman–Crippen MR) is 112 cm³/mol. The summed E-state index contributed by atoms with van der Waals surface area (Å²) in [5.41, 5.74) is 3.03. The fraction of sp³-hybridized carbons (Fsp3) is 0.478. The average Bonchev–Trinajstić information content (AvgIpc) is 2.63. The van der Waals surface area contributed by atoms with E-state index in [1.54, 1.807) is 7.11 Å². The molecule has 1 aromatic carbocycles. The highest BCUT2D eigenvalue weighted by atomic mass is 16.5. The summed E-state index contributed by atoms with van der Waals surface area (Å²) in [6, 6.07) is 5.58. The molecule has 0 fully saturated rings. The zero-order valence-corrected chi connectivity index (χ0v) is 17.7. The van der Waals surface area contributed by atoms with Crippen LogP contribution in [-0.4, -0.2) is 36.0 Å². The lowest BCUT2D eigenvalue weighted by Crippen LogP contribution is -2.32. The Labute approximate surface area is 171 Å². The first-order valence-electron chi connectivity index (χ1n) is 9.88. The number of aromatic nitrogens is 1. The van der Waals surface area contributed by atoms with E-state index in [1.807, 2.05) is 17.6 Å². The van der Waals surface area contributed by atoms with Gasteiger partial charge in [-0.3, -0.25) is 4.79 Å². The first kappa shape index (κ1) is 21.1. The van der Waals surface area contributed by atoms with Crippen LogP contribution in [0.5, 0.6) is 5.75 Å². The Bertz CT molecular complexity index is 984. The standard InChI is InChI=1S/C23H29NO5/c1-14-9-16-15(10-20(14)29-8-6-7-28-5)11-21(23(2,3)4)24-13-17(22(26)27)19(25)12-18(16)24/h9-10,12-13,21H,6-8,11H2,1-5H3,(H,26,27)/t21-/m0/s1. The molecule has 2 aromatic rings. The van der Waals surface area contributed by atoms with Crippen molar-refractivity contribution in [3.63, 3.8) is 0 Å². The van der Waals surface area contributed by atoms with Crippen molar-refractivity contribution in [3.05, 3.63) is 51.3 Å². The number of ether oxygens (including phenoxy) is 2. The summed E-state index contributed by atoms with van der Waals surface area (Å²) in [5.74, 6) is -0.356. The molecule has 6 heteroatoms. The molecule has 156 valence electrons. The first-order chi connectivity index (χ1) is 13.6. The Morgan fingerprint density at radius 2 is 1.97 bits per heavy atom. The number of hydrogen-bond acceptors (Lipinski definition) is 4. The van der Waals surface area contributed by atoms with E-state index in [0.29, 0.717) is 13.2 Å². The van der Waals surface area contributed by atoms with Crippen LogP contribution in [-0.2, 0) is 11.2 Å². The third-order valence-electron chi connectivity index (χ3n) is 5.49. The second-order valence-corrected chi connectivity index (χ2v) is 8.70. The molecule has 0 amide bonds. The zero-order valence-electron chi connectivity index (χ0n) is 17.7. The molecular formula is C23H29NO5. The van der Waals surface area contributed by atoms with E-state index in [1.165, 1.54) is 12.3 Å². The van der Waals surface area contributed by atoms with Crippen LogP contribution in [0.2, 0.25) is 0 Å². The van der Waals surface area contributed by atoms with Gasteiger partial charge in [-0.25, -0.2) is 4.79 Å². The Balaban J connectivity index is 2.11. The molecule has 0 spiro atoms. The normalized spacial score (nSPS) is 15.6. The first-order valence-corrected chi connectivity index (χ1v) is 9.88. The molecule has 0 bridgehead atoms. The van der Waals surface area contributed by atoms with Crippen molar-refractivity contribution in [1.29, 1.82) is 0 Å². The number of carboxylic acid groups (broad SMARTS) is 1. The minimum Gasteiger partial charge on any atom is -0.493 e. The average molecular weight is 399 g/mol. The van der Waals surface area contributed by atoms with Crippen molar-refractivity contribution < 1.29 is 19.4 Å². The summed E-state index contributed by atoms with van der Waals surface area (Å²) in [7, 11) is 1.67. The topological polar surface area (TPSA) is 77.8 Å². The monoisotopic (exact) mass is 399 g/mol. The van der Waals surface area contributed by atoms with Gasteiger partial charge in [0.1, 0.15) is 11.3 Å². The van der Waals surface area contributed by atoms with E-state index in [4.69, 9.17) is 9.47 Å². The zero-order chi connectivity index (χ0) is 21.3. The second-order valence-electron chi connectivity index (χ2n) is 8.70. The number of aromatic carboxylic acids is 1. The number of aryl methyl sites for hydroxylation is 1. The number of fused-ring (bicyclic) bond motifs is 3. The van der Waals surface area contributed by atoms with Crippen LogP contribution < -0.4 is 10.2 Å². The van der Waals surface area contributed by atoms with E-state index in [0.717, 1.165) is 41.0 Å². The van der Waals surface area contributed by atoms with Gasteiger partial charge in [0.05, 0.1) is 12.3 Å². The van der Waals surface area contributed by atoms with Crippen molar-refractivity contribution in [2.75, 3.05) is 20.3 Å². The highest BCUT2D eigenvalue weighted by molar-refractivity contribution is 5.87. The molecule has 1 aromatic heterocycles. The number of carbonyl (C=O) groups is 1. The highest BCUT2D eigenvalue weighted by Gasteiger charge is 2.33. The summed E-state index contributed by atoms with van der Waals surface area (Å²) in [6.07, 6.45) is 3.06. The van der Waals surface area contributed by atoms with Crippen molar-refractivity contribution in [3.8, 4) is 17.0 Å². The summed E-state index contributed by atoms with van der Waals surface area (Å²) in [6.45, 7) is 9.59. The Kier molecular flexibility index (Phi) is 5.85. The lowest BCUT2D eigenvalue weighted by molar-refractivity contribution is 0.0693. The van der Waals surface area contributed by atoms with Gasteiger partial charge in [0.25, 0.3) is 0 Å². The van der Waals surface area contributed by atoms with Gasteiger partial charge in [-0.05, 0) is 42.0 Å². The van der Waals surface area contributed by atoms with Crippen LogP contribution >= 0.6 is 0 Å². The molecule has 6 nitrogen and oxygen atoms in total. The maximum atomic E-state index is 12.4. The molecule has 2 heterocycles. The van der Waals surface area contributed by atoms with E-state index in [2.05, 4.69) is 26.8 Å². The van der Waals surface area contributed by atoms with Gasteiger partial charge in [-0.2, -0.15) is 0 Å². The molecule has 1 aliphatic heterocycles. The van der Waals surface area contributed by atoms with Gasteiger partial charge in [-0.15, -0.1) is 0 Å². The van der Waals surface area contributed by atoms with Crippen molar-refractivity contribution in [2.24, 2.45) is 5.41 Å². The summed E-state index contributed by atoms with van der Waals surface area (Å²) < 4.78 is 13.0. The van der Waals surface area contributed by atoms with Gasteiger partial charge < -0.3 is 19.1 Å². The van der Waals surface area contributed by atoms with Gasteiger partial charge in [-0.1, -0.05) is 20.8 Å². The lowest BCUT2D eigenvalue weighted by Gasteiger charge is -2.39. The number of benzene rings is 1. The number of hydrogen-bond donors (Lipinski definition) is 1. The lowest BCUT2D eigenvalue weighted by atomic mass is 9.78. The fourth-order valence-corrected chi connectivity index (χ4v) is 3.89. The van der Waals surface area contributed by atoms with Crippen molar-refractivity contribution in [2.45, 2.75) is 46.6 Å². The van der Waals surface area contributed by atoms with Crippen LogP contribution in [0, 0.1) is 12.3 Å². The molecule has 1 atom stereocenters. The van der Waals surface area contributed by atoms with Gasteiger partial charge in [0.2, 0.25) is 0 Å². The third-order valence-corrected chi connectivity index (χ3v) is 5.49. The molecular weight excluding hydrogens is 370 g/mol. The molecule has 0 aliphatic carbocycles. The Morgan fingerprint density at radius 1 is 1.24 bits per heavy atom. The minimum atomic E-state index is -1.19. The predicted octanol–water partition coefficient (Wildman–Crippen LogP) is 4.08. The van der Waals surface area contributed by atoms with Crippen molar-refractivity contribution >= 4 is 5.97 Å². The molecule has 1 N–H and O–H groups in total. The van der Waals surface area contributed by atoms with Crippen LogP contribution in [0.4, 0.5) is 0 Å². The Hall–Kier alpha value is -2.60.